The zero-order valence-corrected chi connectivity index (χ0v) is 19.6. The number of carbonyl (C=O) groups is 2. The SMILES string of the molecule is C[C@@H]1OC(=O)C2=C[C@H]3CCCC[C@@H]3[C@@H](C#C[C@H]3CCC[C@H](C)N3C(=O)OC(C)(C)C)[C@H]21. The van der Waals surface area contributed by atoms with Crippen LogP contribution in [0.2, 0.25) is 0 Å². The monoisotopic (exact) mass is 427 g/mol. The molecule has 0 bridgehead atoms. The van der Waals surface area contributed by atoms with Gasteiger partial charge in [0, 0.05) is 23.5 Å². The van der Waals surface area contributed by atoms with E-state index >= 15 is 0 Å². The van der Waals surface area contributed by atoms with Gasteiger partial charge in [0.05, 0.1) is 6.04 Å². The van der Waals surface area contributed by atoms with Gasteiger partial charge in [-0.15, -0.1) is 0 Å². The maximum absolute atomic E-state index is 13.0. The Balaban J connectivity index is 1.62. The molecule has 2 aliphatic heterocycles. The molecule has 4 aliphatic rings. The number of ether oxygens (including phenoxy) is 2. The van der Waals surface area contributed by atoms with Crippen LogP contribution in [-0.4, -0.2) is 40.8 Å². The van der Waals surface area contributed by atoms with Crippen LogP contribution in [0.5, 0.6) is 0 Å². The first-order valence-electron chi connectivity index (χ1n) is 12.1. The van der Waals surface area contributed by atoms with E-state index in [1.807, 2.05) is 32.6 Å². The van der Waals surface area contributed by atoms with Crippen LogP contribution in [0, 0.1) is 35.5 Å². The summed E-state index contributed by atoms with van der Waals surface area (Å²) in [6, 6.07) is -0.0224. The number of nitrogens with zero attached hydrogens (tertiary/aromatic N) is 1. The van der Waals surface area contributed by atoms with Gasteiger partial charge < -0.3 is 9.47 Å². The van der Waals surface area contributed by atoms with Crippen molar-refractivity contribution >= 4 is 12.1 Å². The smallest absolute Gasteiger partial charge is 0.411 e. The van der Waals surface area contributed by atoms with Crippen molar-refractivity contribution in [1.82, 2.24) is 4.90 Å². The quantitative estimate of drug-likeness (QED) is 0.399. The van der Waals surface area contributed by atoms with Crippen molar-refractivity contribution < 1.29 is 19.1 Å². The topological polar surface area (TPSA) is 55.8 Å². The molecule has 1 amide bonds. The molecule has 3 fully saturated rings. The number of hydrogen-bond donors (Lipinski definition) is 0. The number of fused-ring (bicyclic) bond motifs is 2. The predicted molar refractivity (Wildman–Crippen MR) is 119 cm³/mol. The Morgan fingerprint density at radius 3 is 2.58 bits per heavy atom. The molecule has 5 nitrogen and oxygen atoms in total. The molecule has 0 unspecified atom stereocenters. The Morgan fingerprint density at radius 1 is 1.10 bits per heavy atom. The minimum atomic E-state index is -0.526. The van der Waals surface area contributed by atoms with Crippen LogP contribution in [0.1, 0.15) is 79.6 Å². The third-order valence-electron chi connectivity index (χ3n) is 7.44. The van der Waals surface area contributed by atoms with Gasteiger partial charge >= 0.3 is 12.1 Å². The van der Waals surface area contributed by atoms with E-state index in [9.17, 15) is 9.59 Å². The Bertz CT molecular complexity index is 813. The molecular weight excluding hydrogens is 390 g/mol. The lowest BCUT2D eigenvalue weighted by atomic mass is 9.62. The van der Waals surface area contributed by atoms with Crippen LogP contribution in [0.15, 0.2) is 11.6 Å². The van der Waals surface area contributed by atoms with Crippen LogP contribution in [0.25, 0.3) is 0 Å². The van der Waals surface area contributed by atoms with E-state index in [4.69, 9.17) is 9.47 Å². The van der Waals surface area contributed by atoms with E-state index in [0.29, 0.717) is 11.8 Å². The van der Waals surface area contributed by atoms with E-state index in [0.717, 1.165) is 37.7 Å². The van der Waals surface area contributed by atoms with Gasteiger partial charge in [-0.2, -0.15) is 0 Å². The summed E-state index contributed by atoms with van der Waals surface area (Å²) >= 11 is 0. The molecule has 2 aliphatic carbocycles. The molecule has 4 rings (SSSR count). The van der Waals surface area contributed by atoms with E-state index < -0.39 is 5.60 Å². The number of carbonyl (C=O) groups excluding carboxylic acids is 2. The van der Waals surface area contributed by atoms with Crippen molar-refractivity contribution in [2.45, 2.75) is 103 Å². The lowest BCUT2D eigenvalue weighted by Gasteiger charge is -2.41. The molecular formula is C26H37NO4. The van der Waals surface area contributed by atoms with E-state index in [2.05, 4.69) is 24.8 Å². The molecule has 31 heavy (non-hydrogen) atoms. The highest BCUT2D eigenvalue weighted by Crippen LogP contribution is 2.49. The fourth-order valence-electron chi connectivity index (χ4n) is 6.05. The van der Waals surface area contributed by atoms with Crippen molar-refractivity contribution in [2.75, 3.05) is 0 Å². The molecule has 170 valence electrons. The lowest BCUT2D eigenvalue weighted by molar-refractivity contribution is -0.138. The molecule has 0 radical (unpaired) electrons. The average Bonchev–Trinajstić information content (AvgIpc) is 2.97. The first-order valence-corrected chi connectivity index (χ1v) is 12.1. The van der Waals surface area contributed by atoms with Crippen LogP contribution in [-0.2, 0) is 14.3 Å². The molecule has 2 saturated heterocycles. The highest BCUT2D eigenvalue weighted by molar-refractivity contribution is 5.92. The van der Waals surface area contributed by atoms with Gasteiger partial charge in [0.2, 0.25) is 0 Å². The molecule has 0 aromatic rings. The van der Waals surface area contributed by atoms with Crippen molar-refractivity contribution in [3.05, 3.63) is 11.6 Å². The summed E-state index contributed by atoms with van der Waals surface area (Å²) < 4.78 is 11.3. The summed E-state index contributed by atoms with van der Waals surface area (Å²) in [4.78, 5) is 27.3. The second-order valence-corrected chi connectivity index (χ2v) is 10.9. The number of piperidine rings is 1. The number of likely N-dealkylation sites (tertiary alicyclic amines) is 1. The number of cyclic esters (lactones) is 1. The summed E-state index contributed by atoms with van der Waals surface area (Å²) in [5.41, 5.74) is 0.317. The van der Waals surface area contributed by atoms with Gasteiger partial charge in [0.1, 0.15) is 11.7 Å². The molecule has 0 spiro atoms. The van der Waals surface area contributed by atoms with E-state index in [-0.39, 0.29) is 42.1 Å². The van der Waals surface area contributed by atoms with Crippen molar-refractivity contribution in [2.24, 2.45) is 23.7 Å². The second-order valence-electron chi connectivity index (χ2n) is 10.9. The fourth-order valence-corrected chi connectivity index (χ4v) is 6.05. The van der Waals surface area contributed by atoms with Gasteiger partial charge in [-0.3, -0.25) is 4.90 Å². The fraction of sp³-hybridized carbons (Fsp3) is 0.769. The summed E-state index contributed by atoms with van der Waals surface area (Å²) in [6.07, 6.45) is 9.43. The Hall–Kier alpha value is -1.96. The molecule has 2 heterocycles. The highest BCUT2D eigenvalue weighted by atomic mass is 16.6. The molecule has 0 aromatic carbocycles. The minimum Gasteiger partial charge on any atom is -0.459 e. The molecule has 0 aromatic heterocycles. The van der Waals surface area contributed by atoms with Crippen molar-refractivity contribution in [3.8, 4) is 11.8 Å². The first kappa shape index (κ1) is 22.2. The minimum absolute atomic E-state index is 0.0512. The average molecular weight is 428 g/mol. The summed E-state index contributed by atoms with van der Waals surface area (Å²) in [6.45, 7) is 9.78. The van der Waals surface area contributed by atoms with Crippen molar-refractivity contribution in [3.63, 3.8) is 0 Å². The summed E-state index contributed by atoms with van der Waals surface area (Å²) in [5.74, 6) is 8.01. The third-order valence-corrected chi connectivity index (χ3v) is 7.44. The Kier molecular flexibility index (Phi) is 6.12. The Labute approximate surface area is 186 Å². The second kappa shape index (κ2) is 8.52. The maximum Gasteiger partial charge on any atom is 0.411 e. The maximum atomic E-state index is 13.0. The van der Waals surface area contributed by atoms with E-state index in [1.165, 1.54) is 12.8 Å². The molecule has 7 atom stereocenters. The van der Waals surface area contributed by atoms with Crippen LogP contribution < -0.4 is 0 Å². The predicted octanol–water partition coefficient (Wildman–Crippen LogP) is 5.09. The van der Waals surface area contributed by atoms with E-state index in [1.54, 1.807) is 0 Å². The largest absolute Gasteiger partial charge is 0.459 e. The summed E-state index contributed by atoms with van der Waals surface area (Å²) in [7, 11) is 0. The van der Waals surface area contributed by atoms with Gasteiger partial charge in [-0.25, -0.2) is 9.59 Å². The number of amides is 1. The zero-order valence-electron chi connectivity index (χ0n) is 19.6. The molecule has 0 N–H and O–H groups in total. The number of allylic oxidation sites excluding steroid dienone is 1. The number of rotatable bonds is 0. The normalized spacial score (nSPS) is 37.6. The van der Waals surface area contributed by atoms with Crippen molar-refractivity contribution in [1.29, 1.82) is 0 Å². The summed E-state index contributed by atoms with van der Waals surface area (Å²) in [5, 5.41) is 0. The molecule has 5 heteroatoms. The number of esters is 1. The Morgan fingerprint density at radius 2 is 1.84 bits per heavy atom. The van der Waals surface area contributed by atoms with Crippen LogP contribution >= 0.6 is 0 Å². The van der Waals surface area contributed by atoms with Crippen LogP contribution in [0.4, 0.5) is 4.79 Å². The zero-order chi connectivity index (χ0) is 22.3. The van der Waals surface area contributed by atoms with Gasteiger partial charge in [-0.1, -0.05) is 30.8 Å². The first-order chi connectivity index (χ1) is 14.7. The third kappa shape index (κ3) is 4.49. The number of hydrogen-bond acceptors (Lipinski definition) is 4. The highest BCUT2D eigenvalue weighted by Gasteiger charge is 2.49. The van der Waals surface area contributed by atoms with Gasteiger partial charge in [0.25, 0.3) is 0 Å². The lowest BCUT2D eigenvalue weighted by Crippen LogP contribution is -2.50. The van der Waals surface area contributed by atoms with Gasteiger partial charge in [-0.05, 0) is 78.6 Å². The molecule has 1 saturated carbocycles. The van der Waals surface area contributed by atoms with Crippen LogP contribution in [0.3, 0.4) is 0 Å². The van der Waals surface area contributed by atoms with Gasteiger partial charge in [0.15, 0.2) is 0 Å². The standard InChI is InChI=1S/C26H37NO4/c1-16-9-8-11-19(27(16)25(29)31-26(3,4)5)13-14-21-20-12-7-6-10-18(20)15-22-23(21)17(2)30-24(22)28/h15-21,23H,6-12H2,1-5H3/t16-,17-,18+,19+,20-,21+,23+/m0/s1.